The fraction of sp³-hybridized carbons (Fsp3) is 0.269. The molecule has 2 heterocycles. The highest BCUT2D eigenvalue weighted by Crippen LogP contribution is 2.37. The molecule has 0 aliphatic carbocycles. The zero-order valence-corrected chi connectivity index (χ0v) is 18.6. The summed E-state index contributed by atoms with van der Waals surface area (Å²) < 4.78 is 18.6. The van der Waals surface area contributed by atoms with Crippen LogP contribution in [0.3, 0.4) is 0 Å². The number of aryl methyl sites for hydroxylation is 1. The number of furan rings is 1. The van der Waals surface area contributed by atoms with Crippen molar-refractivity contribution in [3.63, 3.8) is 0 Å². The van der Waals surface area contributed by atoms with E-state index in [0.717, 1.165) is 34.3 Å². The Hall–Kier alpha value is -3.67. The van der Waals surface area contributed by atoms with Gasteiger partial charge in [0.1, 0.15) is 17.3 Å². The van der Waals surface area contributed by atoms with Crippen molar-refractivity contribution < 1.29 is 18.7 Å². The summed E-state index contributed by atoms with van der Waals surface area (Å²) in [6.45, 7) is 3.33. The van der Waals surface area contributed by atoms with E-state index in [1.54, 1.807) is 20.5 Å². The van der Waals surface area contributed by atoms with Gasteiger partial charge in [-0.25, -0.2) is 0 Å². The molecule has 0 aliphatic rings. The number of methoxy groups -OCH3 is 2. The van der Waals surface area contributed by atoms with E-state index in [9.17, 15) is 4.79 Å². The number of fused-ring (bicyclic) bond motifs is 1. The molecule has 0 aliphatic heterocycles. The van der Waals surface area contributed by atoms with Gasteiger partial charge in [0.15, 0.2) is 0 Å². The highest BCUT2D eigenvalue weighted by atomic mass is 16.5. The molecule has 0 saturated heterocycles. The van der Waals surface area contributed by atoms with Crippen LogP contribution in [0.25, 0.3) is 10.9 Å². The van der Waals surface area contributed by atoms with Crippen LogP contribution in [0.2, 0.25) is 0 Å². The molecule has 1 unspecified atom stereocenters. The van der Waals surface area contributed by atoms with Crippen molar-refractivity contribution in [1.82, 2.24) is 9.88 Å². The lowest BCUT2D eigenvalue weighted by Gasteiger charge is -2.19. The van der Waals surface area contributed by atoms with Gasteiger partial charge < -0.3 is 23.8 Å². The van der Waals surface area contributed by atoms with Gasteiger partial charge in [-0.05, 0) is 48.4 Å². The molecule has 1 N–H and O–H groups in total. The van der Waals surface area contributed by atoms with E-state index in [1.807, 2.05) is 42.5 Å². The summed E-state index contributed by atoms with van der Waals surface area (Å²) >= 11 is 0. The molecule has 2 aromatic carbocycles. The van der Waals surface area contributed by atoms with Crippen LogP contribution in [0.15, 0.2) is 71.5 Å². The number of aromatic nitrogens is 1. The lowest BCUT2D eigenvalue weighted by molar-refractivity contribution is -0.121. The number of rotatable bonds is 9. The number of hydrogen-bond acceptors (Lipinski definition) is 4. The molecule has 1 amide bonds. The van der Waals surface area contributed by atoms with Gasteiger partial charge in [0.05, 0.1) is 27.0 Å². The molecule has 4 aromatic rings. The van der Waals surface area contributed by atoms with Crippen molar-refractivity contribution in [2.24, 2.45) is 0 Å². The van der Waals surface area contributed by atoms with Crippen LogP contribution < -0.4 is 14.8 Å². The third-order valence-corrected chi connectivity index (χ3v) is 5.74. The van der Waals surface area contributed by atoms with E-state index in [1.165, 1.54) is 0 Å². The first-order valence-electron chi connectivity index (χ1n) is 10.7. The first-order chi connectivity index (χ1) is 15.6. The average Bonchev–Trinajstić information content (AvgIpc) is 3.48. The van der Waals surface area contributed by atoms with Gasteiger partial charge in [-0.3, -0.25) is 4.79 Å². The standard InChI is InChI=1S/C26H28N2O4/c1-4-28-17-24(22-9-5-6-10-25(22)28)23(15-26(29)27-16-19-8-7-11-32-19)18-12-20(30-2)14-21(13-18)31-3/h5-14,17,23H,4,15-16H2,1-3H3,(H,27,29). The molecule has 2 aromatic heterocycles. The second-order valence-corrected chi connectivity index (χ2v) is 7.65. The zero-order valence-electron chi connectivity index (χ0n) is 18.6. The predicted octanol–water partition coefficient (Wildman–Crippen LogP) is 5.11. The van der Waals surface area contributed by atoms with Crippen molar-refractivity contribution in [1.29, 1.82) is 0 Å². The van der Waals surface area contributed by atoms with Crippen LogP contribution in [0.5, 0.6) is 11.5 Å². The maximum Gasteiger partial charge on any atom is 0.221 e. The molecule has 0 saturated carbocycles. The molecule has 4 rings (SSSR count). The second kappa shape index (κ2) is 9.64. The highest BCUT2D eigenvalue weighted by Gasteiger charge is 2.24. The van der Waals surface area contributed by atoms with Gasteiger partial charge in [-0.1, -0.05) is 18.2 Å². The molecule has 0 spiro atoms. The van der Waals surface area contributed by atoms with Crippen LogP contribution in [-0.4, -0.2) is 24.7 Å². The average molecular weight is 433 g/mol. The van der Waals surface area contributed by atoms with E-state index < -0.39 is 0 Å². The number of amides is 1. The summed E-state index contributed by atoms with van der Waals surface area (Å²) in [6.07, 6.45) is 4.04. The normalized spacial score (nSPS) is 12.0. The number of benzene rings is 2. The van der Waals surface area contributed by atoms with Crippen molar-refractivity contribution in [3.8, 4) is 11.5 Å². The Balaban J connectivity index is 1.74. The van der Waals surface area contributed by atoms with Crippen molar-refractivity contribution in [2.75, 3.05) is 14.2 Å². The minimum absolute atomic E-state index is 0.0542. The summed E-state index contributed by atoms with van der Waals surface area (Å²) in [5, 5.41) is 4.12. The minimum atomic E-state index is -0.173. The smallest absolute Gasteiger partial charge is 0.221 e. The van der Waals surface area contributed by atoms with Gasteiger partial charge in [-0.2, -0.15) is 0 Å². The third kappa shape index (κ3) is 4.49. The molecular weight excluding hydrogens is 404 g/mol. The van der Waals surface area contributed by atoms with Crippen LogP contribution in [0.4, 0.5) is 0 Å². The van der Waals surface area contributed by atoms with Crippen LogP contribution in [0, 0.1) is 0 Å². The van der Waals surface area contributed by atoms with Crippen LogP contribution in [-0.2, 0) is 17.9 Å². The summed E-state index contributed by atoms with van der Waals surface area (Å²) in [4.78, 5) is 13.0. The number of ether oxygens (including phenoxy) is 2. The van der Waals surface area contributed by atoms with E-state index in [0.29, 0.717) is 18.0 Å². The lowest BCUT2D eigenvalue weighted by Crippen LogP contribution is -2.24. The van der Waals surface area contributed by atoms with Crippen molar-refractivity contribution in [2.45, 2.75) is 32.4 Å². The minimum Gasteiger partial charge on any atom is -0.497 e. The Bertz CT molecular complexity index is 1170. The summed E-state index contributed by atoms with van der Waals surface area (Å²) in [5.41, 5.74) is 3.22. The molecular formula is C26H28N2O4. The molecule has 1 atom stereocenters. The van der Waals surface area contributed by atoms with Crippen LogP contribution >= 0.6 is 0 Å². The Kier molecular flexibility index (Phi) is 6.50. The van der Waals surface area contributed by atoms with Gasteiger partial charge in [0, 0.05) is 42.0 Å². The highest BCUT2D eigenvalue weighted by molar-refractivity contribution is 5.86. The number of nitrogens with one attached hydrogen (secondary N) is 1. The van der Waals surface area contributed by atoms with Gasteiger partial charge in [0.25, 0.3) is 0 Å². The molecule has 0 fully saturated rings. The van der Waals surface area contributed by atoms with E-state index in [2.05, 4.69) is 35.1 Å². The molecule has 6 heteroatoms. The topological polar surface area (TPSA) is 65.6 Å². The second-order valence-electron chi connectivity index (χ2n) is 7.65. The van der Waals surface area contributed by atoms with Gasteiger partial charge in [0.2, 0.25) is 5.91 Å². The SMILES string of the molecule is CCn1cc(C(CC(=O)NCc2ccco2)c2cc(OC)cc(OC)c2)c2ccccc21. The van der Waals surface area contributed by atoms with E-state index in [4.69, 9.17) is 13.9 Å². The van der Waals surface area contributed by atoms with Crippen molar-refractivity contribution >= 4 is 16.8 Å². The van der Waals surface area contributed by atoms with E-state index >= 15 is 0 Å². The Morgan fingerprint density at radius 2 is 1.81 bits per heavy atom. The molecule has 0 radical (unpaired) electrons. The number of nitrogens with zero attached hydrogens (tertiary/aromatic N) is 1. The summed E-state index contributed by atoms with van der Waals surface area (Å²) in [7, 11) is 3.26. The van der Waals surface area contributed by atoms with Crippen molar-refractivity contribution in [3.05, 3.63) is 83.9 Å². The number of carbonyl (C=O) groups is 1. The predicted molar refractivity (Wildman–Crippen MR) is 124 cm³/mol. The number of hydrogen-bond donors (Lipinski definition) is 1. The molecule has 6 nitrogen and oxygen atoms in total. The monoisotopic (exact) mass is 432 g/mol. The van der Waals surface area contributed by atoms with Gasteiger partial charge >= 0.3 is 0 Å². The largest absolute Gasteiger partial charge is 0.497 e. The first kappa shape index (κ1) is 21.6. The Morgan fingerprint density at radius 3 is 2.47 bits per heavy atom. The first-order valence-corrected chi connectivity index (χ1v) is 10.7. The Labute approximate surface area is 187 Å². The molecule has 166 valence electrons. The van der Waals surface area contributed by atoms with Gasteiger partial charge in [-0.15, -0.1) is 0 Å². The molecule has 32 heavy (non-hydrogen) atoms. The summed E-state index contributed by atoms with van der Waals surface area (Å²) in [5.74, 6) is 1.88. The van der Waals surface area contributed by atoms with Crippen LogP contribution in [0.1, 0.15) is 36.1 Å². The third-order valence-electron chi connectivity index (χ3n) is 5.74. The maximum atomic E-state index is 13.0. The molecule has 0 bridgehead atoms. The lowest BCUT2D eigenvalue weighted by atomic mass is 9.87. The fourth-order valence-electron chi connectivity index (χ4n) is 4.11. The van der Waals surface area contributed by atoms with E-state index in [-0.39, 0.29) is 18.2 Å². The number of para-hydroxylation sites is 1. The zero-order chi connectivity index (χ0) is 22.5. The summed E-state index contributed by atoms with van der Waals surface area (Å²) in [6, 6.07) is 17.8. The maximum absolute atomic E-state index is 13.0. The quantitative estimate of drug-likeness (QED) is 0.399. The number of carbonyl (C=O) groups excluding carboxylic acids is 1. The Morgan fingerprint density at radius 1 is 1.06 bits per heavy atom. The fourth-order valence-corrected chi connectivity index (χ4v) is 4.11.